The summed E-state index contributed by atoms with van der Waals surface area (Å²) in [5.74, 6) is 1.58. The summed E-state index contributed by atoms with van der Waals surface area (Å²) in [6, 6.07) is 6.84. The number of hydrogen-bond acceptors (Lipinski definition) is 9. The average molecular weight is 691 g/mol. The highest BCUT2D eigenvalue weighted by Crippen LogP contribution is 2.14. The van der Waals surface area contributed by atoms with Gasteiger partial charge in [-0.15, -0.1) is 0 Å². The van der Waals surface area contributed by atoms with E-state index in [-0.39, 0.29) is 5.82 Å². The van der Waals surface area contributed by atoms with Gasteiger partial charge in [0.1, 0.15) is 29.1 Å². The Morgan fingerprint density at radius 1 is 0.694 bits per heavy atom. The van der Waals surface area contributed by atoms with E-state index in [4.69, 9.17) is 40.3 Å². The van der Waals surface area contributed by atoms with Crippen LogP contribution in [0.15, 0.2) is 53.5 Å². The number of rotatable bonds is 0. The number of hydrogen-bond donors (Lipinski definition) is 5. The molecular weight excluding hydrogens is 664 g/mol. The van der Waals surface area contributed by atoms with Crippen LogP contribution in [0, 0.1) is 30.2 Å². The third-order valence-electron chi connectivity index (χ3n) is 4.17. The molecule has 0 bridgehead atoms. The summed E-state index contributed by atoms with van der Waals surface area (Å²) in [6.07, 6.45) is 5.99. The fourth-order valence-electron chi connectivity index (χ4n) is 2.12. The van der Waals surface area contributed by atoms with E-state index in [2.05, 4.69) is 58.5 Å². The molecule has 0 aliphatic rings. The average Bonchev–Trinajstić information content (AvgIpc) is 2.81. The number of anilines is 5. The zero-order valence-electron chi connectivity index (χ0n) is 19.8. The van der Waals surface area contributed by atoms with Crippen molar-refractivity contribution < 1.29 is 4.39 Å². The number of nitrogens with zero attached hydrogens (tertiary/aromatic N) is 4. The maximum Gasteiger partial charge on any atom is 0.146 e. The van der Waals surface area contributed by atoms with Gasteiger partial charge in [0.25, 0.3) is 0 Å². The number of aromatic nitrogens is 4. The van der Waals surface area contributed by atoms with E-state index >= 15 is 0 Å². The molecule has 0 spiro atoms. The number of pyridine rings is 4. The molecule has 0 saturated carbocycles. The van der Waals surface area contributed by atoms with Crippen molar-refractivity contribution in [2.45, 2.75) is 20.8 Å². The lowest BCUT2D eigenvalue weighted by atomic mass is 10.3. The molecule has 192 valence electrons. The van der Waals surface area contributed by atoms with Crippen molar-refractivity contribution in [1.82, 2.24) is 19.9 Å². The minimum atomic E-state index is -0.346. The fraction of sp³-hybridized carbons (Fsp3) is 0.130. The molecule has 4 heterocycles. The number of aryl methyl sites for hydroxylation is 3. The van der Waals surface area contributed by atoms with Crippen LogP contribution in [-0.2, 0) is 0 Å². The molecule has 0 aliphatic heterocycles. The maximum absolute atomic E-state index is 12.2. The molecular formula is C23H27BrClFIN9. The second-order valence-electron chi connectivity index (χ2n) is 7.20. The highest BCUT2D eigenvalue weighted by atomic mass is 127. The summed E-state index contributed by atoms with van der Waals surface area (Å²) in [5.41, 5.74) is 30.1. The highest BCUT2D eigenvalue weighted by molar-refractivity contribution is 14.1. The lowest BCUT2D eigenvalue weighted by Gasteiger charge is -1.96. The Balaban J connectivity index is 0.000000240. The second-order valence-corrected chi connectivity index (χ2v) is 9.79. The van der Waals surface area contributed by atoms with Gasteiger partial charge in [0.2, 0.25) is 0 Å². The Kier molecular flexibility index (Phi) is 13.1. The lowest BCUT2D eigenvalue weighted by Crippen LogP contribution is -1.97. The van der Waals surface area contributed by atoms with Gasteiger partial charge in [-0.3, -0.25) is 0 Å². The first-order valence-electron chi connectivity index (χ1n) is 10.1. The smallest absolute Gasteiger partial charge is 0.146 e. The monoisotopic (exact) mass is 689 g/mol. The van der Waals surface area contributed by atoms with Crippen LogP contribution in [0.5, 0.6) is 0 Å². The van der Waals surface area contributed by atoms with Crippen LogP contribution in [-0.4, -0.2) is 19.9 Å². The molecule has 10 N–H and O–H groups in total. The van der Waals surface area contributed by atoms with E-state index in [1.54, 1.807) is 31.5 Å². The Labute approximate surface area is 236 Å². The van der Waals surface area contributed by atoms with Gasteiger partial charge in [-0.2, -0.15) is 0 Å². The first-order chi connectivity index (χ1) is 16.8. The largest absolute Gasteiger partial charge is 0.396 e. The van der Waals surface area contributed by atoms with Gasteiger partial charge in [0, 0.05) is 26.6 Å². The van der Waals surface area contributed by atoms with E-state index < -0.39 is 0 Å². The molecule has 4 aromatic rings. The Hall–Kier alpha value is -2.97. The van der Waals surface area contributed by atoms with Crippen LogP contribution in [0.3, 0.4) is 0 Å². The van der Waals surface area contributed by atoms with E-state index in [1.165, 1.54) is 12.3 Å². The summed E-state index contributed by atoms with van der Waals surface area (Å²) < 4.78 is 14.2. The topological polar surface area (TPSA) is 182 Å². The van der Waals surface area contributed by atoms with Crippen molar-refractivity contribution in [1.29, 1.82) is 0 Å². The highest BCUT2D eigenvalue weighted by Gasteiger charge is 1.95. The van der Waals surface area contributed by atoms with Crippen LogP contribution in [0.4, 0.5) is 33.3 Å². The van der Waals surface area contributed by atoms with Crippen LogP contribution >= 0.6 is 50.1 Å². The van der Waals surface area contributed by atoms with Crippen molar-refractivity contribution in [2.75, 3.05) is 28.7 Å². The first kappa shape index (κ1) is 31.1. The summed E-state index contributed by atoms with van der Waals surface area (Å²) in [6.45, 7) is 5.51. The first-order valence-corrected chi connectivity index (χ1v) is 12.3. The van der Waals surface area contributed by atoms with Crippen LogP contribution in [0.2, 0.25) is 5.02 Å². The van der Waals surface area contributed by atoms with Crippen molar-refractivity contribution in [3.05, 3.63) is 84.6 Å². The molecule has 0 fully saturated rings. The summed E-state index contributed by atoms with van der Waals surface area (Å²) in [7, 11) is 0. The summed E-state index contributed by atoms with van der Waals surface area (Å²) >= 11 is 11.0. The third kappa shape index (κ3) is 11.6. The molecule has 0 radical (unpaired) electrons. The minimum Gasteiger partial charge on any atom is -0.396 e. The summed E-state index contributed by atoms with van der Waals surface area (Å²) in [4.78, 5) is 15.1. The molecule has 0 saturated heterocycles. The molecule has 36 heavy (non-hydrogen) atoms. The zero-order valence-corrected chi connectivity index (χ0v) is 24.3. The second kappa shape index (κ2) is 15.2. The molecule has 9 nitrogen and oxygen atoms in total. The van der Waals surface area contributed by atoms with Gasteiger partial charge in [0.15, 0.2) is 0 Å². The van der Waals surface area contributed by atoms with E-state index in [0.717, 1.165) is 25.4 Å². The Morgan fingerprint density at radius 2 is 1.17 bits per heavy atom. The van der Waals surface area contributed by atoms with Crippen molar-refractivity contribution in [3.8, 4) is 0 Å². The Bertz CT molecular complexity index is 1100. The molecule has 0 atom stereocenters. The van der Waals surface area contributed by atoms with Gasteiger partial charge < -0.3 is 28.7 Å². The Morgan fingerprint density at radius 3 is 1.56 bits per heavy atom. The van der Waals surface area contributed by atoms with Crippen LogP contribution in [0.25, 0.3) is 0 Å². The quantitative estimate of drug-likeness (QED) is 0.153. The predicted molar refractivity (Wildman–Crippen MR) is 159 cm³/mol. The predicted octanol–water partition coefficient (Wildman–Crippen LogP) is 5.32. The molecule has 13 heteroatoms. The van der Waals surface area contributed by atoms with Crippen LogP contribution in [0.1, 0.15) is 16.7 Å². The van der Waals surface area contributed by atoms with Crippen molar-refractivity contribution in [3.63, 3.8) is 0 Å². The molecule has 0 unspecified atom stereocenters. The zero-order chi connectivity index (χ0) is 27.4. The standard InChI is InChI=1S/C6H7BrN2.C6H7ClN2.C6H7FN2.C5H6IN3/c3*1-4-2-5(7)3-9-6(4)8;6-3-1-4(7)5(8)9-2-3/h3*2-3H,1H3,(H2,8,9);1-2H,7H2,(H2,8,9). The number of halogens is 4. The minimum absolute atomic E-state index is 0.346. The normalized spacial score (nSPS) is 9.53. The van der Waals surface area contributed by atoms with Gasteiger partial charge in [-0.05, 0) is 100 Å². The number of nitrogen functional groups attached to an aromatic ring is 5. The van der Waals surface area contributed by atoms with Gasteiger partial charge in [-0.25, -0.2) is 24.3 Å². The maximum atomic E-state index is 12.2. The van der Waals surface area contributed by atoms with Gasteiger partial charge in [-0.1, -0.05) is 11.6 Å². The van der Waals surface area contributed by atoms with Crippen molar-refractivity contribution >= 4 is 79.1 Å². The fourth-order valence-corrected chi connectivity index (χ4v) is 3.25. The SMILES string of the molecule is Cc1cc(Br)cnc1N.Cc1cc(Cl)cnc1N.Cc1cc(F)cnc1N.Nc1cc(I)cnc1N. The summed E-state index contributed by atoms with van der Waals surface area (Å²) in [5, 5.41) is 0.627. The van der Waals surface area contributed by atoms with E-state index in [0.29, 0.717) is 39.5 Å². The van der Waals surface area contributed by atoms with Gasteiger partial charge >= 0.3 is 0 Å². The van der Waals surface area contributed by atoms with E-state index in [9.17, 15) is 4.39 Å². The third-order valence-corrected chi connectivity index (χ3v) is 5.40. The molecule has 0 aliphatic carbocycles. The molecule has 4 aromatic heterocycles. The van der Waals surface area contributed by atoms with Gasteiger partial charge in [0.05, 0.1) is 16.9 Å². The lowest BCUT2D eigenvalue weighted by molar-refractivity contribution is 0.620. The van der Waals surface area contributed by atoms with Crippen molar-refractivity contribution in [2.24, 2.45) is 0 Å². The molecule has 0 aromatic carbocycles. The number of nitrogens with two attached hydrogens (primary N) is 5. The van der Waals surface area contributed by atoms with Crippen LogP contribution < -0.4 is 28.7 Å². The molecule has 0 amide bonds. The van der Waals surface area contributed by atoms with E-state index in [1.807, 2.05) is 19.9 Å². The molecule has 4 rings (SSSR count).